The van der Waals surface area contributed by atoms with E-state index >= 15 is 0 Å². The van der Waals surface area contributed by atoms with Crippen LogP contribution in [0.1, 0.15) is 13.8 Å². The highest BCUT2D eigenvalue weighted by molar-refractivity contribution is 5.79. The highest BCUT2D eigenvalue weighted by Crippen LogP contribution is 2.29. The maximum Gasteiger partial charge on any atom is 0.308 e. The predicted molar refractivity (Wildman–Crippen MR) is 91.8 cm³/mol. The maximum atomic E-state index is 12.0. The molecule has 1 amide bonds. The molecule has 0 saturated heterocycles. The van der Waals surface area contributed by atoms with Crippen LogP contribution in [0.5, 0.6) is 5.75 Å². The van der Waals surface area contributed by atoms with Gasteiger partial charge in [0.2, 0.25) is 0 Å². The number of carbonyl (C=O) groups is 2. The van der Waals surface area contributed by atoms with Crippen LogP contribution in [0.3, 0.4) is 0 Å². The summed E-state index contributed by atoms with van der Waals surface area (Å²) in [5.41, 5.74) is 1.90. The molecule has 0 radical (unpaired) electrons. The Morgan fingerprint density at radius 3 is 2.33 bits per heavy atom. The molecule has 0 aromatic heterocycles. The molecule has 0 aliphatic heterocycles. The molecular formula is C19H21NO4. The van der Waals surface area contributed by atoms with Gasteiger partial charge in [-0.2, -0.15) is 0 Å². The van der Waals surface area contributed by atoms with E-state index in [1.54, 1.807) is 19.9 Å². The monoisotopic (exact) mass is 327 g/mol. The van der Waals surface area contributed by atoms with Crippen molar-refractivity contribution >= 4 is 11.9 Å². The minimum absolute atomic E-state index is 0.166. The molecule has 2 aromatic rings. The zero-order valence-corrected chi connectivity index (χ0v) is 13.7. The van der Waals surface area contributed by atoms with E-state index in [-0.39, 0.29) is 12.5 Å². The van der Waals surface area contributed by atoms with Gasteiger partial charge < -0.3 is 15.2 Å². The van der Waals surface area contributed by atoms with Crippen molar-refractivity contribution in [2.75, 3.05) is 6.61 Å². The van der Waals surface area contributed by atoms with Gasteiger partial charge in [-0.15, -0.1) is 0 Å². The van der Waals surface area contributed by atoms with Gasteiger partial charge in [-0.05, 0) is 25.5 Å². The van der Waals surface area contributed by atoms with E-state index in [0.717, 1.165) is 11.1 Å². The van der Waals surface area contributed by atoms with Crippen molar-refractivity contribution in [3.05, 3.63) is 54.6 Å². The number of para-hydroxylation sites is 1. The number of nitrogens with one attached hydrogen (secondary N) is 1. The third kappa shape index (κ3) is 4.59. The summed E-state index contributed by atoms with van der Waals surface area (Å²) >= 11 is 0. The van der Waals surface area contributed by atoms with Crippen LogP contribution in [-0.4, -0.2) is 29.6 Å². The van der Waals surface area contributed by atoms with E-state index in [1.165, 1.54) is 0 Å². The maximum absolute atomic E-state index is 12.0. The largest absolute Gasteiger partial charge is 0.483 e. The second-order valence-electron chi connectivity index (χ2n) is 5.63. The zero-order chi connectivity index (χ0) is 17.5. The molecule has 24 heavy (non-hydrogen) atoms. The van der Waals surface area contributed by atoms with Gasteiger partial charge in [0.1, 0.15) is 5.75 Å². The Kier molecular flexibility index (Phi) is 5.95. The van der Waals surface area contributed by atoms with Gasteiger partial charge in [-0.25, -0.2) is 0 Å². The lowest BCUT2D eigenvalue weighted by molar-refractivity contribution is -0.142. The fraction of sp³-hybridized carbons (Fsp3) is 0.263. The van der Waals surface area contributed by atoms with Gasteiger partial charge in [0.05, 0.1) is 5.92 Å². The highest BCUT2D eigenvalue weighted by atomic mass is 16.5. The van der Waals surface area contributed by atoms with E-state index < -0.39 is 17.9 Å². The van der Waals surface area contributed by atoms with Crippen molar-refractivity contribution in [1.29, 1.82) is 0 Å². The number of carboxylic acid groups (broad SMARTS) is 1. The molecule has 0 saturated carbocycles. The number of rotatable bonds is 7. The molecule has 2 N–H and O–H groups in total. The highest BCUT2D eigenvalue weighted by Gasteiger charge is 2.21. The number of aliphatic carboxylic acids is 1. The molecule has 0 aliphatic carbocycles. The predicted octanol–water partition coefficient (Wildman–Crippen LogP) is 2.96. The van der Waals surface area contributed by atoms with E-state index in [2.05, 4.69) is 5.32 Å². The number of hydrogen-bond acceptors (Lipinski definition) is 3. The molecule has 2 aromatic carbocycles. The van der Waals surface area contributed by atoms with Crippen LogP contribution in [-0.2, 0) is 9.59 Å². The molecule has 0 heterocycles. The van der Waals surface area contributed by atoms with Crippen LogP contribution in [0, 0.1) is 5.92 Å². The number of amides is 1. The number of hydrogen-bond donors (Lipinski definition) is 2. The molecule has 2 atom stereocenters. The first kappa shape index (κ1) is 17.5. The van der Waals surface area contributed by atoms with Crippen molar-refractivity contribution in [2.24, 2.45) is 5.92 Å². The minimum Gasteiger partial charge on any atom is -0.483 e. The lowest BCUT2D eigenvalue weighted by Gasteiger charge is -2.18. The summed E-state index contributed by atoms with van der Waals surface area (Å²) in [6.45, 7) is 3.05. The first-order valence-corrected chi connectivity index (χ1v) is 7.78. The van der Waals surface area contributed by atoms with Gasteiger partial charge in [-0.1, -0.05) is 48.5 Å². The van der Waals surface area contributed by atoms with Crippen molar-refractivity contribution < 1.29 is 19.4 Å². The first-order valence-electron chi connectivity index (χ1n) is 7.78. The Hall–Kier alpha value is -2.82. The lowest BCUT2D eigenvalue weighted by atomic mass is 10.0. The molecule has 0 aliphatic rings. The normalized spacial score (nSPS) is 12.9. The molecule has 0 bridgehead atoms. The van der Waals surface area contributed by atoms with Crippen LogP contribution in [0.4, 0.5) is 0 Å². The second kappa shape index (κ2) is 8.15. The molecule has 5 nitrogen and oxygen atoms in total. The number of carboxylic acids is 1. The molecule has 126 valence electrons. The summed E-state index contributed by atoms with van der Waals surface area (Å²) < 4.78 is 5.63. The molecule has 2 unspecified atom stereocenters. The van der Waals surface area contributed by atoms with E-state index in [0.29, 0.717) is 5.75 Å². The lowest BCUT2D eigenvalue weighted by Crippen LogP contribution is -2.42. The Bertz CT molecular complexity index is 700. The minimum atomic E-state index is -0.946. The van der Waals surface area contributed by atoms with Crippen molar-refractivity contribution in [2.45, 2.75) is 19.9 Å². The number of benzene rings is 2. The standard InChI is InChI=1S/C19H21NO4/c1-13(19(22)23)14(2)20-18(21)12-24-17-11-7-6-10-16(17)15-8-4-3-5-9-15/h3-11,13-14H,12H2,1-2H3,(H,20,21)(H,22,23). The van der Waals surface area contributed by atoms with E-state index in [4.69, 9.17) is 9.84 Å². The quantitative estimate of drug-likeness (QED) is 0.820. The topological polar surface area (TPSA) is 75.6 Å². The Morgan fingerprint density at radius 2 is 1.67 bits per heavy atom. The van der Waals surface area contributed by atoms with Gasteiger partial charge in [-0.3, -0.25) is 9.59 Å². The summed E-state index contributed by atoms with van der Waals surface area (Å²) in [4.78, 5) is 22.9. The molecular weight excluding hydrogens is 306 g/mol. The van der Waals surface area contributed by atoms with Crippen molar-refractivity contribution in [3.8, 4) is 16.9 Å². The van der Waals surface area contributed by atoms with E-state index in [9.17, 15) is 9.59 Å². The Balaban J connectivity index is 2.00. The third-order valence-corrected chi connectivity index (χ3v) is 3.86. The zero-order valence-electron chi connectivity index (χ0n) is 13.7. The van der Waals surface area contributed by atoms with Crippen LogP contribution in [0.2, 0.25) is 0 Å². The van der Waals surface area contributed by atoms with Crippen molar-refractivity contribution in [1.82, 2.24) is 5.32 Å². The van der Waals surface area contributed by atoms with Crippen LogP contribution in [0.15, 0.2) is 54.6 Å². The van der Waals surface area contributed by atoms with E-state index in [1.807, 2.05) is 48.5 Å². The Labute approximate surface area is 141 Å². The van der Waals surface area contributed by atoms with Gasteiger partial charge in [0, 0.05) is 11.6 Å². The third-order valence-electron chi connectivity index (χ3n) is 3.86. The van der Waals surface area contributed by atoms with Gasteiger partial charge in [0.25, 0.3) is 5.91 Å². The molecule has 0 fully saturated rings. The first-order chi connectivity index (χ1) is 11.5. The SMILES string of the molecule is CC(NC(=O)COc1ccccc1-c1ccccc1)C(C)C(=O)O. The van der Waals surface area contributed by atoms with Gasteiger partial charge in [0.15, 0.2) is 6.61 Å². The number of ether oxygens (including phenoxy) is 1. The van der Waals surface area contributed by atoms with Crippen LogP contribution in [0.25, 0.3) is 11.1 Å². The Morgan fingerprint density at radius 1 is 1.04 bits per heavy atom. The molecule has 5 heteroatoms. The van der Waals surface area contributed by atoms with Crippen LogP contribution >= 0.6 is 0 Å². The fourth-order valence-corrected chi connectivity index (χ4v) is 2.23. The summed E-state index contributed by atoms with van der Waals surface area (Å²) in [6.07, 6.45) is 0. The smallest absolute Gasteiger partial charge is 0.308 e. The summed E-state index contributed by atoms with van der Waals surface area (Å²) in [5, 5.41) is 11.6. The van der Waals surface area contributed by atoms with Crippen LogP contribution < -0.4 is 10.1 Å². The second-order valence-corrected chi connectivity index (χ2v) is 5.63. The average Bonchev–Trinajstić information content (AvgIpc) is 2.60. The fourth-order valence-electron chi connectivity index (χ4n) is 2.23. The van der Waals surface area contributed by atoms with Gasteiger partial charge >= 0.3 is 5.97 Å². The number of carbonyl (C=O) groups excluding carboxylic acids is 1. The summed E-state index contributed by atoms with van der Waals surface area (Å²) in [6, 6.07) is 16.8. The summed E-state index contributed by atoms with van der Waals surface area (Å²) in [7, 11) is 0. The molecule has 2 rings (SSSR count). The van der Waals surface area contributed by atoms with Crippen molar-refractivity contribution in [3.63, 3.8) is 0 Å². The average molecular weight is 327 g/mol. The summed E-state index contributed by atoms with van der Waals surface area (Å²) in [5.74, 6) is -1.35. The molecule has 0 spiro atoms.